The Morgan fingerprint density at radius 2 is 2.03 bits per heavy atom. The Labute approximate surface area is 182 Å². The Hall–Kier alpha value is -4.66. The molecule has 0 aliphatic rings. The number of hydrogen-bond acceptors (Lipinski definition) is 6. The molecule has 0 aliphatic heterocycles. The molecule has 0 aromatic carbocycles. The van der Waals surface area contributed by atoms with Gasteiger partial charge in [0.05, 0.1) is 17.6 Å². The topological polar surface area (TPSA) is 114 Å². The fourth-order valence-corrected chi connectivity index (χ4v) is 3.46. The van der Waals surface area contributed by atoms with Crippen molar-refractivity contribution in [2.75, 3.05) is 5.32 Å². The van der Waals surface area contributed by atoms with Crippen molar-refractivity contribution in [2.45, 2.75) is 0 Å². The molecule has 0 saturated heterocycles. The number of fused-ring (bicyclic) bond motifs is 1. The maximum absolute atomic E-state index is 11.9. The molecule has 0 bridgehead atoms. The summed E-state index contributed by atoms with van der Waals surface area (Å²) in [6, 6.07) is 7.64. The zero-order chi connectivity index (χ0) is 22.1. The number of nitrogens with zero attached hydrogens (tertiary/aromatic N) is 6. The number of carbonyl (C=O) groups is 1. The summed E-state index contributed by atoms with van der Waals surface area (Å²) in [6.45, 7) is 3.51. The fourth-order valence-electron chi connectivity index (χ4n) is 3.46. The Morgan fingerprint density at radius 1 is 1.12 bits per heavy atom. The fraction of sp³-hybridized carbons (Fsp3) is 0.0435. The number of nitrogens with one attached hydrogen (secondary N) is 2. The summed E-state index contributed by atoms with van der Waals surface area (Å²) in [4.78, 5) is 32.6. The lowest BCUT2D eigenvalue weighted by atomic mass is 10.0. The van der Waals surface area contributed by atoms with Gasteiger partial charge in [-0.05, 0) is 35.9 Å². The van der Waals surface area contributed by atoms with Crippen molar-refractivity contribution < 1.29 is 4.79 Å². The van der Waals surface area contributed by atoms with E-state index in [2.05, 4.69) is 41.9 Å². The van der Waals surface area contributed by atoms with E-state index >= 15 is 0 Å². The van der Waals surface area contributed by atoms with Gasteiger partial charge in [0.1, 0.15) is 17.8 Å². The van der Waals surface area contributed by atoms with E-state index in [1.54, 1.807) is 29.3 Å². The number of carbonyl (C=O) groups excluding carboxylic acids is 1. The minimum atomic E-state index is -0.336. The number of anilines is 1. The molecule has 0 aliphatic carbocycles. The molecule has 2 N–H and O–H groups in total. The third kappa shape index (κ3) is 3.63. The molecule has 0 radical (unpaired) electrons. The highest BCUT2D eigenvalue weighted by atomic mass is 16.1. The van der Waals surface area contributed by atoms with Crippen LogP contribution in [-0.4, -0.2) is 40.6 Å². The molecule has 0 spiro atoms. The van der Waals surface area contributed by atoms with E-state index in [4.69, 9.17) is 0 Å². The highest BCUT2D eigenvalue weighted by molar-refractivity contribution is 5.99. The van der Waals surface area contributed by atoms with Crippen LogP contribution in [-0.2, 0) is 11.8 Å². The van der Waals surface area contributed by atoms with Crippen LogP contribution in [0.15, 0.2) is 74.2 Å². The molecule has 9 nitrogen and oxygen atoms in total. The molecule has 0 saturated carbocycles. The second-order valence-corrected chi connectivity index (χ2v) is 7.14. The lowest BCUT2D eigenvalue weighted by molar-refractivity contribution is -0.111. The first-order valence-corrected chi connectivity index (χ1v) is 9.79. The summed E-state index contributed by atoms with van der Waals surface area (Å²) in [7, 11) is 1.84. The lowest BCUT2D eigenvalue weighted by Gasteiger charge is -2.09. The zero-order valence-corrected chi connectivity index (χ0v) is 17.1. The number of H-pyrrole nitrogens is 1. The van der Waals surface area contributed by atoms with Crippen LogP contribution in [0.3, 0.4) is 0 Å². The van der Waals surface area contributed by atoms with E-state index in [0.29, 0.717) is 11.5 Å². The van der Waals surface area contributed by atoms with Crippen LogP contribution in [0.25, 0.3) is 44.7 Å². The first-order chi connectivity index (χ1) is 15.6. The van der Waals surface area contributed by atoms with Gasteiger partial charge >= 0.3 is 0 Å². The van der Waals surface area contributed by atoms with Crippen LogP contribution < -0.4 is 5.32 Å². The van der Waals surface area contributed by atoms with Gasteiger partial charge in [-0.25, -0.2) is 19.9 Å². The average molecular weight is 422 g/mol. The van der Waals surface area contributed by atoms with Gasteiger partial charge < -0.3 is 10.3 Å². The Morgan fingerprint density at radius 3 is 2.78 bits per heavy atom. The van der Waals surface area contributed by atoms with Gasteiger partial charge in [-0.3, -0.25) is 9.48 Å². The summed E-state index contributed by atoms with van der Waals surface area (Å²) < 4.78 is 1.70. The standard InChI is InChI=1S/C23H18N8O/c1-3-22(32)30-21-8-14(7-20(29-21)16-10-28-31(2)12-16)15-6-17-18(11-26-23(17)25-9-15)19-4-5-24-13-27-19/h3-13H,1H2,2H3,(H,25,26)(H,29,30,32). The molecule has 32 heavy (non-hydrogen) atoms. The second-order valence-electron chi connectivity index (χ2n) is 7.14. The molecular formula is C23H18N8O. The molecule has 5 aromatic heterocycles. The van der Waals surface area contributed by atoms with Crippen molar-refractivity contribution in [1.82, 2.24) is 34.7 Å². The summed E-state index contributed by atoms with van der Waals surface area (Å²) >= 11 is 0. The molecule has 1 amide bonds. The first-order valence-electron chi connectivity index (χ1n) is 9.79. The van der Waals surface area contributed by atoms with E-state index < -0.39 is 0 Å². The van der Waals surface area contributed by atoms with E-state index in [1.807, 2.05) is 37.6 Å². The number of hydrogen-bond donors (Lipinski definition) is 2. The normalized spacial score (nSPS) is 10.9. The SMILES string of the molecule is C=CC(=O)Nc1cc(-c2cnc3[nH]cc(-c4ccncn4)c3c2)cc(-c2cnn(C)c2)n1. The predicted octanol–water partition coefficient (Wildman–Crippen LogP) is 3.61. The first kappa shape index (κ1) is 19.3. The van der Waals surface area contributed by atoms with Gasteiger partial charge in [-0.1, -0.05) is 6.58 Å². The molecule has 0 fully saturated rings. The molecule has 5 aromatic rings. The third-order valence-corrected chi connectivity index (χ3v) is 4.98. The number of amides is 1. The second kappa shape index (κ2) is 7.88. The number of aromatic amines is 1. The van der Waals surface area contributed by atoms with Crippen molar-refractivity contribution in [3.05, 3.63) is 74.2 Å². The number of aryl methyl sites for hydroxylation is 1. The largest absolute Gasteiger partial charge is 0.345 e. The van der Waals surface area contributed by atoms with Gasteiger partial charge in [0.15, 0.2) is 0 Å². The number of rotatable bonds is 5. The van der Waals surface area contributed by atoms with Gasteiger partial charge in [0.25, 0.3) is 0 Å². The predicted molar refractivity (Wildman–Crippen MR) is 121 cm³/mol. The molecule has 156 valence electrons. The van der Waals surface area contributed by atoms with E-state index in [1.165, 1.54) is 12.4 Å². The van der Waals surface area contributed by atoms with Crippen LogP contribution in [0.1, 0.15) is 0 Å². The van der Waals surface area contributed by atoms with Crippen molar-refractivity contribution in [2.24, 2.45) is 7.05 Å². The van der Waals surface area contributed by atoms with Gasteiger partial charge in [0, 0.05) is 53.9 Å². The molecule has 5 rings (SSSR count). The lowest BCUT2D eigenvalue weighted by Crippen LogP contribution is -2.09. The van der Waals surface area contributed by atoms with Crippen molar-refractivity contribution in [1.29, 1.82) is 0 Å². The third-order valence-electron chi connectivity index (χ3n) is 4.98. The quantitative estimate of drug-likeness (QED) is 0.418. The molecule has 0 atom stereocenters. The van der Waals surface area contributed by atoms with Crippen molar-refractivity contribution in [3.63, 3.8) is 0 Å². The smallest absolute Gasteiger partial charge is 0.248 e. The highest BCUT2D eigenvalue weighted by Gasteiger charge is 2.13. The summed E-state index contributed by atoms with van der Waals surface area (Å²) in [6.07, 6.45) is 11.7. The van der Waals surface area contributed by atoms with E-state index in [9.17, 15) is 4.79 Å². The summed E-state index contributed by atoms with van der Waals surface area (Å²) in [5.41, 5.74) is 5.72. The van der Waals surface area contributed by atoms with Crippen LogP contribution in [0.5, 0.6) is 0 Å². The molecular weight excluding hydrogens is 404 g/mol. The van der Waals surface area contributed by atoms with Gasteiger partial charge in [-0.2, -0.15) is 5.10 Å². The van der Waals surface area contributed by atoms with Crippen molar-refractivity contribution in [3.8, 4) is 33.6 Å². The summed E-state index contributed by atoms with van der Waals surface area (Å²) in [5.74, 6) is 0.0773. The van der Waals surface area contributed by atoms with Gasteiger partial charge in [0.2, 0.25) is 5.91 Å². The molecule has 5 heterocycles. The highest BCUT2D eigenvalue weighted by Crippen LogP contribution is 2.32. The zero-order valence-electron chi connectivity index (χ0n) is 17.1. The van der Waals surface area contributed by atoms with Crippen LogP contribution >= 0.6 is 0 Å². The maximum Gasteiger partial charge on any atom is 0.248 e. The average Bonchev–Trinajstić information content (AvgIpc) is 3.45. The summed E-state index contributed by atoms with van der Waals surface area (Å²) in [5, 5.41) is 7.90. The number of pyridine rings is 2. The van der Waals surface area contributed by atoms with Crippen LogP contribution in [0.4, 0.5) is 5.82 Å². The molecule has 9 heteroatoms. The van der Waals surface area contributed by atoms with Crippen LogP contribution in [0.2, 0.25) is 0 Å². The number of aromatic nitrogens is 7. The van der Waals surface area contributed by atoms with E-state index in [0.717, 1.165) is 39.0 Å². The maximum atomic E-state index is 11.9. The molecule has 0 unspecified atom stereocenters. The Kier molecular flexibility index (Phi) is 4.75. The Bertz CT molecular complexity index is 1450. The van der Waals surface area contributed by atoms with Crippen molar-refractivity contribution >= 4 is 22.8 Å². The minimum Gasteiger partial charge on any atom is -0.345 e. The minimum absolute atomic E-state index is 0.336. The monoisotopic (exact) mass is 422 g/mol. The Balaban J connectivity index is 1.65. The van der Waals surface area contributed by atoms with E-state index in [-0.39, 0.29) is 5.91 Å². The van der Waals surface area contributed by atoms with Gasteiger partial charge in [-0.15, -0.1) is 0 Å². The van der Waals surface area contributed by atoms with Crippen LogP contribution in [0, 0.1) is 0 Å².